The summed E-state index contributed by atoms with van der Waals surface area (Å²) in [7, 11) is -3.98. The Balaban J connectivity index is 0.00000368. The Morgan fingerprint density at radius 3 is 2.64 bits per heavy atom. The van der Waals surface area contributed by atoms with Crippen molar-refractivity contribution in [1.82, 2.24) is 30.4 Å². The number of rotatable bonds is 12. The molecule has 3 amide bonds. The minimum atomic E-state index is -3.98. The maximum absolute atomic E-state index is 13.1. The van der Waals surface area contributed by atoms with E-state index in [1.165, 1.54) is 11.8 Å². The number of benzene rings is 1. The first-order chi connectivity index (χ1) is 20.7. The summed E-state index contributed by atoms with van der Waals surface area (Å²) in [5, 5.41) is 25.9. The van der Waals surface area contributed by atoms with Gasteiger partial charge in [0, 0.05) is 17.2 Å². The monoisotopic (exact) mass is 693 g/mol. The number of carboxylic acid groups (broad SMARTS) is 1. The number of para-hydroxylation sites is 1. The molecule has 2 aliphatic heterocycles. The standard InChI is InChI=1S/C25H32N7O9PS2.Na.H/c1-5-40-42(38,39)13-31-23(28-29-30-31)44-12-15-11-43-21-18(20(34)32(21)19(15)22(35)36)27-17(33)10-14-8-6-7-9-16(14)26-24(37)41-25(2,3)4;;/h6-9,18,21H,5,10-13H2,1-4H3,(H,26,37)(H,27,33)(H,35,36)(H,38,39);;/q;+1;-1/t18-,21-;;/m1../s1. The van der Waals surface area contributed by atoms with Crippen LogP contribution in [0.3, 0.4) is 0 Å². The molecule has 0 saturated carbocycles. The van der Waals surface area contributed by atoms with E-state index < -0.39 is 54.8 Å². The van der Waals surface area contributed by atoms with Crippen molar-refractivity contribution in [1.29, 1.82) is 0 Å². The Labute approximate surface area is 290 Å². The van der Waals surface area contributed by atoms with Gasteiger partial charge in [0.1, 0.15) is 29.0 Å². The quantitative estimate of drug-likeness (QED) is 0.0945. The van der Waals surface area contributed by atoms with Crippen LogP contribution < -0.4 is 40.2 Å². The van der Waals surface area contributed by atoms with Crippen molar-refractivity contribution in [2.24, 2.45) is 0 Å². The molecule has 3 atom stereocenters. The SMILES string of the molecule is CCOP(=O)(O)Cn1nnnc1SCC1=C(C(=O)O)N2C(=O)[C@@H](NC(=O)Cc3ccccc3NC(=O)OC(C)(C)C)[C@H]2SC1.[H-].[Na+]. The molecule has 240 valence electrons. The van der Waals surface area contributed by atoms with Crippen molar-refractivity contribution in [3.63, 3.8) is 0 Å². The number of aliphatic carboxylic acids is 1. The van der Waals surface area contributed by atoms with Gasteiger partial charge in [0.05, 0.1) is 13.0 Å². The minimum absolute atomic E-state index is 0. The smallest absolute Gasteiger partial charge is 1.00 e. The summed E-state index contributed by atoms with van der Waals surface area (Å²) in [5.41, 5.74) is 0.413. The number of aromatic nitrogens is 4. The number of hydrogen-bond acceptors (Lipinski definition) is 12. The molecule has 1 fully saturated rings. The molecule has 1 saturated heterocycles. The Morgan fingerprint density at radius 1 is 1.27 bits per heavy atom. The number of nitrogens with one attached hydrogen (secondary N) is 2. The van der Waals surface area contributed by atoms with Crippen molar-refractivity contribution in [3.05, 3.63) is 41.1 Å². The number of anilines is 1. The predicted molar refractivity (Wildman–Crippen MR) is 161 cm³/mol. The number of fused-ring (bicyclic) bond motifs is 1. The van der Waals surface area contributed by atoms with E-state index in [9.17, 15) is 33.7 Å². The topological polar surface area (TPSA) is 215 Å². The molecule has 20 heteroatoms. The summed E-state index contributed by atoms with van der Waals surface area (Å²) in [5.74, 6) is -2.02. The van der Waals surface area contributed by atoms with Crippen LogP contribution in [0.25, 0.3) is 0 Å². The molecular weight excluding hydrogens is 660 g/mol. The number of nitrogens with zero attached hydrogens (tertiary/aromatic N) is 5. The van der Waals surface area contributed by atoms with Crippen molar-refractivity contribution in [3.8, 4) is 0 Å². The summed E-state index contributed by atoms with van der Waals surface area (Å²) in [6, 6.07) is 5.76. The molecule has 4 rings (SSSR count). The zero-order valence-corrected chi connectivity index (χ0v) is 29.8. The zero-order valence-electron chi connectivity index (χ0n) is 26.3. The Bertz CT molecular complexity index is 1540. The molecule has 2 aromatic rings. The Kier molecular flexibility index (Phi) is 12.7. The number of carboxylic acids is 1. The molecule has 4 N–H and O–H groups in total. The van der Waals surface area contributed by atoms with E-state index >= 15 is 0 Å². The molecule has 1 aromatic heterocycles. The minimum Gasteiger partial charge on any atom is -1.00 e. The maximum atomic E-state index is 13.1. The summed E-state index contributed by atoms with van der Waals surface area (Å²) in [4.78, 5) is 61.6. The predicted octanol–water partition coefficient (Wildman–Crippen LogP) is -0.611. The molecule has 1 aromatic carbocycles. The first kappa shape index (κ1) is 37.0. The van der Waals surface area contributed by atoms with Crippen LogP contribution in [0.2, 0.25) is 0 Å². The molecular formula is C25H33N7NaO9PS2. The maximum Gasteiger partial charge on any atom is 1.00 e. The van der Waals surface area contributed by atoms with Crippen LogP contribution in [-0.2, 0) is 40.9 Å². The van der Waals surface area contributed by atoms with Crippen LogP contribution in [-0.4, -0.2) is 94.1 Å². The number of ether oxygens (including phenoxy) is 1. The van der Waals surface area contributed by atoms with Gasteiger partial charge in [-0.2, -0.15) is 0 Å². The van der Waals surface area contributed by atoms with Crippen molar-refractivity contribution < 1.29 is 74.0 Å². The summed E-state index contributed by atoms with van der Waals surface area (Å²) < 4.78 is 23.4. The third kappa shape index (κ3) is 9.54. The van der Waals surface area contributed by atoms with Gasteiger partial charge in [-0.05, 0) is 55.3 Å². The van der Waals surface area contributed by atoms with E-state index in [1.807, 2.05) is 0 Å². The third-order valence-corrected chi connectivity index (χ3v) is 9.76. The van der Waals surface area contributed by atoms with Crippen molar-refractivity contribution >= 4 is 60.7 Å². The molecule has 16 nitrogen and oxygen atoms in total. The van der Waals surface area contributed by atoms with E-state index in [0.29, 0.717) is 16.8 Å². The fraction of sp³-hybridized carbons (Fsp3) is 0.480. The molecule has 0 bridgehead atoms. The number of amides is 3. The molecule has 3 heterocycles. The van der Waals surface area contributed by atoms with Gasteiger partial charge in [0.15, 0.2) is 0 Å². The van der Waals surface area contributed by atoms with E-state index in [-0.39, 0.29) is 66.4 Å². The van der Waals surface area contributed by atoms with Crippen LogP contribution >= 0.6 is 31.1 Å². The Hall–Kier alpha value is -2.44. The van der Waals surface area contributed by atoms with Gasteiger partial charge in [-0.25, -0.2) is 14.3 Å². The number of tetrazole rings is 1. The van der Waals surface area contributed by atoms with E-state index in [4.69, 9.17) is 9.26 Å². The third-order valence-electron chi connectivity index (χ3n) is 6.09. The van der Waals surface area contributed by atoms with Gasteiger partial charge < -0.3 is 26.0 Å². The van der Waals surface area contributed by atoms with Crippen molar-refractivity contribution in [2.75, 3.05) is 23.4 Å². The summed E-state index contributed by atoms with van der Waals surface area (Å²) in [6.45, 7) is 6.79. The number of carbonyl (C=O) groups excluding carboxylic acids is 3. The zero-order chi connectivity index (χ0) is 32.2. The van der Waals surface area contributed by atoms with E-state index in [1.54, 1.807) is 52.0 Å². The molecule has 0 radical (unpaired) electrons. The first-order valence-electron chi connectivity index (χ1n) is 13.3. The molecule has 1 unspecified atom stereocenters. The van der Waals surface area contributed by atoms with E-state index in [0.717, 1.165) is 21.3 Å². The number of thioether (sulfide) groups is 2. The summed E-state index contributed by atoms with van der Waals surface area (Å²) >= 11 is 2.34. The Morgan fingerprint density at radius 2 is 1.98 bits per heavy atom. The van der Waals surface area contributed by atoms with Crippen LogP contribution in [0.15, 0.2) is 40.7 Å². The van der Waals surface area contributed by atoms with E-state index in [2.05, 4.69) is 26.2 Å². The van der Waals surface area contributed by atoms with Crippen LogP contribution in [0.5, 0.6) is 0 Å². The molecule has 0 spiro atoms. The second-order valence-corrected chi connectivity index (χ2v) is 14.5. The fourth-order valence-corrected chi connectivity index (χ4v) is 7.83. The van der Waals surface area contributed by atoms with Crippen LogP contribution in [0.1, 0.15) is 34.7 Å². The summed E-state index contributed by atoms with van der Waals surface area (Å²) in [6.07, 6.45) is -1.30. The van der Waals surface area contributed by atoms with Gasteiger partial charge in [-0.1, -0.05) is 30.0 Å². The van der Waals surface area contributed by atoms with Gasteiger partial charge in [0.2, 0.25) is 11.1 Å². The second kappa shape index (κ2) is 15.4. The average molecular weight is 694 g/mol. The fourth-order valence-electron chi connectivity index (χ4n) is 4.35. The van der Waals surface area contributed by atoms with Crippen LogP contribution in [0.4, 0.5) is 10.5 Å². The van der Waals surface area contributed by atoms with Crippen molar-refractivity contribution in [2.45, 2.75) is 62.6 Å². The second-order valence-electron chi connectivity index (χ2n) is 10.6. The normalized spacial score (nSPS) is 19.0. The number of β-lactam (4-membered cyclic amide) rings is 1. The van der Waals surface area contributed by atoms with Gasteiger partial charge in [-0.3, -0.25) is 24.4 Å². The van der Waals surface area contributed by atoms with Gasteiger partial charge in [0.25, 0.3) is 5.91 Å². The van der Waals surface area contributed by atoms with Gasteiger partial charge >= 0.3 is 49.2 Å². The van der Waals surface area contributed by atoms with Gasteiger partial charge in [-0.15, -0.1) is 16.9 Å². The first-order valence-corrected chi connectivity index (χ1v) is 17.1. The number of carbonyl (C=O) groups is 4. The molecule has 45 heavy (non-hydrogen) atoms. The molecule has 0 aliphatic carbocycles. The average Bonchev–Trinajstić information content (AvgIpc) is 3.35. The van der Waals surface area contributed by atoms with Crippen LogP contribution in [0, 0.1) is 0 Å². The number of hydrogen-bond donors (Lipinski definition) is 4. The largest absolute Gasteiger partial charge is 1.00 e. The molecule has 2 aliphatic rings.